The third-order valence-corrected chi connectivity index (χ3v) is 14.8. The number of rotatable bonds is 17. The number of hydrogen-bond acceptors (Lipinski definition) is 0. The maximum absolute atomic E-state index is 4.31. The van der Waals surface area contributed by atoms with Gasteiger partial charge in [0.2, 0.25) is 0 Å². The largest absolute Gasteiger partial charge is 0.0991 e. The lowest BCUT2D eigenvalue weighted by Crippen LogP contribution is -2.29. The van der Waals surface area contributed by atoms with E-state index >= 15 is 0 Å². The van der Waals surface area contributed by atoms with E-state index in [0.717, 1.165) is 24.8 Å². The monoisotopic (exact) mass is 1110 g/mol. The van der Waals surface area contributed by atoms with Crippen LogP contribution in [-0.2, 0) is 5.41 Å². The Balaban J connectivity index is 0.000000249. The lowest BCUT2D eigenvalue weighted by Gasteiger charge is -2.35. The van der Waals surface area contributed by atoms with Gasteiger partial charge in [0, 0.05) is 0 Å². The molecule has 0 fully saturated rings. The van der Waals surface area contributed by atoms with E-state index in [1.54, 1.807) is 0 Å². The van der Waals surface area contributed by atoms with Crippen LogP contribution in [0.1, 0.15) is 139 Å². The fraction of sp³-hybridized carbons (Fsp3) is 0.200. The van der Waals surface area contributed by atoms with Crippen molar-refractivity contribution in [3.8, 4) is 11.1 Å². The molecule has 0 spiro atoms. The lowest BCUT2D eigenvalue weighted by atomic mass is 9.66. The molecule has 0 radical (unpaired) electrons. The van der Waals surface area contributed by atoms with Crippen LogP contribution in [0.25, 0.3) is 33.9 Å². The van der Waals surface area contributed by atoms with E-state index in [0.29, 0.717) is 5.92 Å². The predicted octanol–water partition coefficient (Wildman–Crippen LogP) is 24.6. The van der Waals surface area contributed by atoms with Crippen LogP contribution in [0, 0.1) is 19.8 Å². The quantitative estimate of drug-likeness (QED) is 0.0798. The van der Waals surface area contributed by atoms with E-state index in [1.807, 2.05) is 45.9 Å². The molecule has 0 saturated carbocycles. The molecule has 0 saturated heterocycles. The van der Waals surface area contributed by atoms with Gasteiger partial charge in [-0.05, 0) is 167 Å². The first kappa shape index (κ1) is 67.0. The SMILES string of the molecule is C/C=C\C1=C(C)c2ccc(\C=C/C=C(\C=C\C)c3ccccc3)cc2C1(c1ccccc1)c1ccccc1.C=C/C=C\C(=C/CC(/C=C\C(=C)C1=C(C)CCC=C1)=C/C(C)C)c1ccccc1C.CC.CC.Cc1cccc(-c2ccccc2)c1. The number of allylic oxidation sites excluding steroid dienone is 23. The smallest absolute Gasteiger partial charge is 0.0710 e. The van der Waals surface area contributed by atoms with Crippen LogP contribution in [0.5, 0.6) is 0 Å². The van der Waals surface area contributed by atoms with Crippen molar-refractivity contribution in [2.45, 2.75) is 108 Å². The molecular weight excluding hydrogens is 1020 g/mol. The maximum Gasteiger partial charge on any atom is 0.0710 e. The van der Waals surface area contributed by atoms with Crippen LogP contribution >= 0.6 is 0 Å². The molecule has 2 aliphatic carbocycles. The minimum absolute atomic E-state index is 0.367. The summed E-state index contributed by atoms with van der Waals surface area (Å²) in [6.07, 6.45) is 37.9. The number of fused-ring (bicyclic) bond motifs is 1. The van der Waals surface area contributed by atoms with E-state index < -0.39 is 0 Å². The Morgan fingerprint density at radius 2 is 1.20 bits per heavy atom. The minimum Gasteiger partial charge on any atom is -0.0991 e. The van der Waals surface area contributed by atoms with Gasteiger partial charge in [-0.1, -0.05) is 345 Å². The molecule has 7 aromatic carbocycles. The van der Waals surface area contributed by atoms with Crippen molar-refractivity contribution in [2.75, 3.05) is 0 Å². The maximum atomic E-state index is 4.31. The van der Waals surface area contributed by atoms with E-state index in [2.05, 4.69) is 336 Å². The molecule has 0 bridgehead atoms. The molecule has 2 aliphatic rings. The fourth-order valence-electron chi connectivity index (χ4n) is 10.9. The van der Waals surface area contributed by atoms with Crippen molar-refractivity contribution in [3.63, 3.8) is 0 Å². The van der Waals surface area contributed by atoms with Crippen molar-refractivity contribution < 1.29 is 0 Å². The first-order valence-electron chi connectivity index (χ1n) is 30.8. The molecule has 0 nitrogen and oxygen atoms in total. The summed E-state index contributed by atoms with van der Waals surface area (Å²) >= 11 is 0. The summed E-state index contributed by atoms with van der Waals surface area (Å²) in [5, 5.41) is 0. The van der Waals surface area contributed by atoms with E-state index in [9.17, 15) is 0 Å². The summed E-state index contributed by atoms with van der Waals surface area (Å²) in [5.74, 6) is 0.493. The Kier molecular flexibility index (Phi) is 28.4. The molecule has 0 amide bonds. The Morgan fingerprint density at radius 3 is 1.79 bits per heavy atom. The fourth-order valence-corrected chi connectivity index (χ4v) is 10.9. The standard InChI is InChI=1S/C38H34.C30H36.C13H12.2C2H6/c1-4-16-31(32-19-9-6-10-20-32)21-15-18-30-26-27-35-29(3)36(17-5-2)38(37(35)28-30,33-22-11-7-12-23-33)34-24-13-8-14-25-34;1-7-8-15-28(30-17-12-10-14-25(30)5)21-20-27(22-23(2)3)19-18-26(6)29-16-11-9-13-24(29)4;1-11-6-5-9-13(10-11)12-7-3-2-4-8-12;2*1-2/h4-28H,1-3H3;7-8,10-12,14-19,21-23H,1,6,9,13,20H2,2-5H3;2-10H,1H3;2*1-2H3/b16-4+,17-5-,18-15-,31-21+;15-8-,19-18-,27-22+,28-21+;;;. The Hall–Kier alpha value is -8.84. The van der Waals surface area contributed by atoms with Gasteiger partial charge < -0.3 is 0 Å². The highest BCUT2D eigenvalue weighted by Gasteiger charge is 2.45. The second-order valence-electron chi connectivity index (χ2n) is 21.2. The highest BCUT2D eigenvalue weighted by Crippen LogP contribution is 2.55. The van der Waals surface area contributed by atoms with Crippen molar-refractivity contribution in [1.82, 2.24) is 0 Å². The summed E-state index contributed by atoms with van der Waals surface area (Å²) in [4.78, 5) is 0. The molecule has 0 heterocycles. The van der Waals surface area contributed by atoms with Gasteiger partial charge in [0.25, 0.3) is 0 Å². The average Bonchev–Trinajstić information content (AvgIpc) is 1.67. The van der Waals surface area contributed by atoms with Gasteiger partial charge in [0.15, 0.2) is 0 Å². The van der Waals surface area contributed by atoms with Crippen molar-refractivity contribution in [3.05, 3.63) is 370 Å². The van der Waals surface area contributed by atoms with Gasteiger partial charge in [-0.3, -0.25) is 0 Å². The third-order valence-electron chi connectivity index (χ3n) is 14.8. The normalized spacial score (nSPS) is 14.0. The molecule has 7 aromatic rings. The van der Waals surface area contributed by atoms with Gasteiger partial charge in [-0.25, -0.2) is 0 Å². The van der Waals surface area contributed by atoms with Crippen LogP contribution in [0.4, 0.5) is 0 Å². The van der Waals surface area contributed by atoms with E-state index in [-0.39, 0.29) is 5.41 Å². The number of benzene rings is 7. The third kappa shape index (κ3) is 18.8. The van der Waals surface area contributed by atoms with Crippen LogP contribution < -0.4 is 0 Å². The van der Waals surface area contributed by atoms with Gasteiger partial charge in [-0.15, -0.1) is 0 Å². The number of hydrogen-bond donors (Lipinski definition) is 0. The minimum atomic E-state index is -0.367. The van der Waals surface area contributed by atoms with Gasteiger partial charge >= 0.3 is 0 Å². The van der Waals surface area contributed by atoms with E-state index in [4.69, 9.17) is 0 Å². The summed E-state index contributed by atoms with van der Waals surface area (Å²) in [6.45, 7) is 33.5. The molecule has 434 valence electrons. The molecule has 0 heteroatoms. The summed E-state index contributed by atoms with van der Waals surface area (Å²) in [5.41, 5.74) is 23.9. The summed E-state index contributed by atoms with van der Waals surface area (Å²) < 4.78 is 0. The molecule has 0 aromatic heterocycles. The van der Waals surface area contributed by atoms with Crippen LogP contribution in [0.3, 0.4) is 0 Å². The second kappa shape index (κ2) is 36.0. The number of aryl methyl sites for hydroxylation is 2. The highest BCUT2D eigenvalue weighted by molar-refractivity contribution is 5.87. The molecule has 0 N–H and O–H groups in total. The molecule has 9 rings (SSSR count). The topological polar surface area (TPSA) is 0 Å². The van der Waals surface area contributed by atoms with Gasteiger partial charge in [0.05, 0.1) is 5.41 Å². The highest BCUT2D eigenvalue weighted by atomic mass is 14.5. The zero-order valence-electron chi connectivity index (χ0n) is 53.2. The Bertz CT molecular complexity index is 3530. The average molecular weight is 1120 g/mol. The molecular formula is C85H94. The zero-order chi connectivity index (χ0) is 61.4. The van der Waals surface area contributed by atoms with Gasteiger partial charge in [-0.2, -0.15) is 0 Å². The predicted molar refractivity (Wildman–Crippen MR) is 380 cm³/mol. The first-order chi connectivity index (χ1) is 41.5. The second-order valence-corrected chi connectivity index (χ2v) is 21.2. The lowest BCUT2D eigenvalue weighted by molar-refractivity contribution is 0.760. The van der Waals surface area contributed by atoms with Crippen LogP contribution in [0.15, 0.2) is 320 Å². The summed E-state index contributed by atoms with van der Waals surface area (Å²) in [6, 6.07) is 66.9. The molecule has 85 heavy (non-hydrogen) atoms. The zero-order valence-corrected chi connectivity index (χ0v) is 53.2. The Labute approximate surface area is 515 Å². The summed E-state index contributed by atoms with van der Waals surface area (Å²) in [7, 11) is 0. The molecule has 0 atom stereocenters. The van der Waals surface area contributed by atoms with E-state index in [1.165, 1.54) is 100 Å². The van der Waals surface area contributed by atoms with Crippen LogP contribution in [0.2, 0.25) is 0 Å². The molecule has 0 aliphatic heterocycles. The van der Waals surface area contributed by atoms with Crippen molar-refractivity contribution >= 4 is 22.8 Å². The molecule has 0 unspecified atom stereocenters. The van der Waals surface area contributed by atoms with Gasteiger partial charge in [0.1, 0.15) is 0 Å². The van der Waals surface area contributed by atoms with Crippen molar-refractivity contribution in [2.24, 2.45) is 5.92 Å². The van der Waals surface area contributed by atoms with Crippen LogP contribution in [-0.4, -0.2) is 0 Å². The van der Waals surface area contributed by atoms with Crippen molar-refractivity contribution in [1.29, 1.82) is 0 Å². The first-order valence-corrected chi connectivity index (χ1v) is 30.8. The Morgan fingerprint density at radius 1 is 0.588 bits per heavy atom.